The van der Waals surface area contributed by atoms with Gasteiger partial charge in [-0.05, 0) is 218 Å². The molecule has 0 saturated heterocycles. The lowest BCUT2D eigenvalue weighted by atomic mass is 9.47. The Morgan fingerprint density at radius 1 is 0.488 bits per heavy atom. The maximum absolute atomic E-state index is 12.9. The summed E-state index contributed by atoms with van der Waals surface area (Å²) in [5.74, 6) is 11.0. The van der Waals surface area contributed by atoms with Crippen LogP contribution < -0.4 is 9.47 Å². The first-order valence-corrected chi connectivity index (χ1v) is 34.7. The minimum absolute atomic E-state index is 0.102. The van der Waals surface area contributed by atoms with Gasteiger partial charge in [-0.2, -0.15) is 0 Å². The number of rotatable bonds is 22. The van der Waals surface area contributed by atoms with Gasteiger partial charge in [0, 0.05) is 22.7 Å². The molecule has 8 nitrogen and oxygen atoms in total. The molecule has 0 spiro atoms. The monoisotopic (exact) mass is 1190 g/mol. The molecule has 0 N–H and O–H groups in total. The molecule has 0 bridgehead atoms. The largest absolute Gasteiger partial charge is 0.508 e. The van der Waals surface area contributed by atoms with Crippen LogP contribution in [-0.2, 0) is 18.9 Å². The van der Waals surface area contributed by atoms with Crippen LogP contribution in [-0.4, -0.2) is 50.9 Å². The molecule has 2 aromatic rings. The summed E-state index contributed by atoms with van der Waals surface area (Å²) < 4.78 is 34.9. The van der Waals surface area contributed by atoms with Crippen molar-refractivity contribution in [1.29, 1.82) is 0 Å². The summed E-state index contributed by atoms with van der Waals surface area (Å²) in [4.78, 5) is 27.3. The fraction of sp³-hybridized carbons (Fsp3) is 0.730. The van der Waals surface area contributed by atoms with Crippen LogP contribution in [0.25, 0.3) is 9.81 Å². The molecule has 0 aliphatic heterocycles. The summed E-state index contributed by atoms with van der Waals surface area (Å²) in [6, 6.07) is 15.3. The molecule has 10 rings (SSSR count). The number of benzene rings is 2. The average Bonchev–Trinajstić information content (AvgIpc) is 1.48. The van der Waals surface area contributed by atoms with Crippen LogP contribution in [0.5, 0.6) is 11.5 Å². The first-order chi connectivity index (χ1) is 40.2. The Bertz CT molecular complexity index is 2480. The van der Waals surface area contributed by atoms with Crippen molar-refractivity contribution in [3.63, 3.8) is 0 Å². The molecule has 0 heterocycles. The standard InChI is InChI=1S/C74H108O8S2/c1-47(2)13-11-15-49(5)61-29-31-63-59-27-21-53-45-57(33-37-71(53,7)65(59)35-39-73(61,63)9)81-69(75)79-43-41-77-55-23-17-51(18-24-55)67(83)68(84)52-19-25-56(26-20-52)78-42-44-80-70(76)82-58-34-38-72(8)54(46-58)22-28-60-64-32-30-62(50(6)16-12-14-48(3)4)74(64,10)40-36-66(60)72/h17-26,47-50,57-66,83-84H,11-16,27-46H2,1-10H3/b68-67+/t49-,50-,57+,58+,59+,60+,61-,62-,63+,64+,65+,66+,71+,72+,73-,74-/m1/s1. The Labute approximate surface area is 518 Å². The third-order valence-electron chi connectivity index (χ3n) is 24.7. The van der Waals surface area contributed by atoms with E-state index in [1.165, 1.54) is 114 Å². The number of thiol groups is 2. The molecule has 8 aliphatic rings. The van der Waals surface area contributed by atoms with Gasteiger partial charge in [0.05, 0.1) is 0 Å². The highest BCUT2D eigenvalue weighted by Gasteiger charge is 2.61. The summed E-state index contributed by atoms with van der Waals surface area (Å²) >= 11 is 9.69. The summed E-state index contributed by atoms with van der Waals surface area (Å²) in [7, 11) is 0. The lowest BCUT2D eigenvalue weighted by molar-refractivity contribution is -0.0620. The van der Waals surface area contributed by atoms with E-state index >= 15 is 0 Å². The van der Waals surface area contributed by atoms with Crippen LogP contribution in [0.4, 0.5) is 9.59 Å². The smallest absolute Gasteiger partial charge is 0.490 e. The van der Waals surface area contributed by atoms with Crippen molar-refractivity contribution in [3.05, 3.63) is 83.0 Å². The zero-order valence-corrected chi connectivity index (χ0v) is 55.2. The van der Waals surface area contributed by atoms with E-state index in [9.17, 15) is 9.59 Å². The average molecular weight is 1190 g/mol. The van der Waals surface area contributed by atoms with E-state index in [-0.39, 0.29) is 49.5 Å². The van der Waals surface area contributed by atoms with Crippen molar-refractivity contribution < 1.29 is 38.0 Å². The molecule has 10 heteroatoms. The maximum atomic E-state index is 12.9. The van der Waals surface area contributed by atoms with Crippen LogP contribution in [0.15, 0.2) is 71.8 Å². The van der Waals surface area contributed by atoms with Crippen molar-refractivity contribution in [1.82, 2.24) is 0 Å². The lowest BCUT2D eigenvalue weighted by Crippen LogP contribution is -2.51. The van der Waals surface area contributed by atoms with E-state index in [4.69, 9.17) is 53.7 Å². The van der Waals surface area contributed by atoms with Gasteiger partial charge in [0.25, 0.3) is 0 Å². The molecule has 8 aliphatic carbocycles. The number of hydrogen-bond acceptors (Lipinski definition) is 10. The Balaban J connectivity index is 0.606. The van der Waals surface area contributed by atoms with E-state index < -0.39 is 12.3 Å². The highest BCUT2D eigenvalue weighted by atomic mass is 32.1. The zero-order chi connectivity index (χ0) is 59.6. The highest BCUT2D eigenvalue weighted by Crippen LogP contribution is 2.69. The van der Waals surface area contributed by atoms with Gasteiger partial charge in [-0.15, -0.1) is 25.3 Å². The first kappa shape index (κ1) is 63.5. The van der Waals surface area contributed by atoms with E-state index in [1.54, 1.807) is 0 Å². The van der Waals surface area contributed by atoms with E-state index in [2.05, 4.69) is 81.4 Å². The van der Waals surface area contributed by atoms with Crippen molar-refractivity contribution in [3.8, 4) is 11.5 Å². The first-order valence-electron chi connectivity index (χ1n) is 33.8. The third-order valence-corrected chi connectivity index (χ3v) is 25.8. The fourth-order valence-corrected chi connectivity index (χ4v) is 20.7. The van der Waals surface area contributed by atoms with Gasteiger partial charge >= 0.3 is 12.3 Å². The maximum Gasteiger partial charge on any atom is 0.508 e. The van der Waals surface area contributed by atoms with E-state index in [0.29, 0.717) is 32.1 Å². The highest BCUT2D eigenvalue weighted by molar-refractivity contribution is 7.96. The fourth-order valence-electron chi connectivity index (χ4n) is 20.1. The number of hydrogen-bond donors (Lipinski definition) is 2. The van der Waals surface area contributed by atoms with E-state index in [0.717, 1.165) is 121 Å². The molecule has 6 fully saturated rings. The van der Waals surface area contributed by atoms with Gasteiger partial charge < -0.3 is 28.4 Å². The van der Waals surface area contributed by atoms with Crippen LogP contribution in [0.3, 0.4) is 0 Å². The van der Waals surface area contributed by atoms with Gasteiger partial charge in [-0.25, -0.2) is 9.59 Å². The Kier molecular flexibility index (Phi) is 20.5. The molecule has 16 atom stereocenters. The van der Waals surface area contributed by atoms with Gasteiger partial charge in [0.1, 0.15) is 50.1 Å². The third kappa shape index (κ3) is 13.6. The molecule has 464 valence electrons. The second kappa shape index (κ2) is 27.1. The molecular weight excluding hydrogens is 1080 g/mol. The second-order valence-electron chi connectivity index (χ2n) is 30.2. The molecule has 0 aromatic heterocycles. The second-order valence-corrected chi connectivity index (χ2v) is 31.1. The van der Waals surface area contributed by atoms with E-state index in [1.807, 2.05) is 48.5 Å². The predicted octanol–water partition coefficient (Wildman–Crippen LogP) is 20.3. The molecule has 0 amide bonds. The van der Waals surface area contributed by atoms with Crippen molar-refractivity contribution in [2.75, 3.05) is 26.4 Å². The number of carbonyl (C=O) groups excluding carboxylic acids is 2. The molecular formula is C74H108O8S2. The minimum atomic E-state index is -0.612. The van der Waals surface area contributed by atoms with Crippen molar-refractivity contribution >= 4 is 47.4 Å². The summed E-state index contributed by atoms with van der Waals surface area (Å²) in [6.07, 6.45) is 30.8. The quantitative estimate of drug-likeness (QED) is 0.0396. The van der Waals surface area contributed by atoms with Gasteiger partial charge in [-0.3, -0.25) is 0 Å². The molecule has 0 radical (unpaired) electrons. The zero-order valence-electron chi connectivity index (χ0n) is 53.4. The van der Waals surface area contributed by atoms with Gasteiger partial charge in [-0.1, -0.05) is 155 Å². The molecule has 2 aromatic carbocycles. The minimum Gasteiger partial charge on any atom is -0.490 e. The van der Waals surface area contributed by atoms with Gasteiger partial charge in [0.15, 0.2) is 0 Å². The topological polar surface area (TPSA) is 89.5 Å². The van der Waals surface area contributed by atoms with Crippen LogP contribution >= 0.6 is 25.3 Å². The van der Waals surface area contributed by atoms with Crippen LogP contribution in [0.2, 0.25) is 0 Å². The number of carbonyl (C=O) groups is 2. The Hall–Kier alpha value is -3.50. The molecule has 0 unspecified atom stereocenters. The van der Waals surface area contributed by atoms with Crippen LogP contribution in [0, 0.1) is 92.7 Å². The molecule has 84 heavy (non-hydrogen) atoms. The Morgan fingerprint density at radius 3 is 1.26 bits per heavy atom. The van der Waals surface area contributed by atoms with Crippen molar-refractivity contribution in [2.24, 2.45) is 92.7 Å². The number of ether oxygens (including phenoxy) is 6. The number of allylic oxidation sites excluding steroid dienone is 2. The number of fused-ring (bicyclic) bond motifs is 10. The van der Waals surface area contributed by atoms with Crippen LogP contribution in [0.1, 0.15) is 222 Å². The lowest BCUT2D eigenvalue weighted by Gasteiger charge is -2.58. The SMILES string of the molecule is CC(C)CCC[C@@H](C)[C@H]1CC[C@H]2[C@@H]3CC=C4C[C@@H](OC(=O)OCCOc5ccc(/C(S)=C(\S)c6ccc(OCCOC(=O)O[C@H]7CC[C@@]8(C)C(=CC[C@H]9[C@@H]%10CC[C@H]([C@H](C)CCCC(C)C)[C@@]%10(C)CC[C@@H]98)C7)cc6)cc5)CC[C@]4(C)[C@H]3CC[C@]12C. The van der Waals surface area contributed by atoms with Crippen molar-refractivity contribution in [2.45, 2.75) is 223 Å². The summed E-state index contributed by atoms with van der Waals surface area (Å²) in [5.41, 5.74) is 6.18. The normalized spacial score (nSPS) is 35.1. The molecule has 6 saturated carbocycles. The summed E-state index contributed by atoms with van der Waals surface area (Å²) in [6.45, 7) is 25.6. The predicted molar refractivity (Wildman–Crippen MR) is 347 cm³/mol. The Morgan fingerprint density at radius 2 is 0.881 bits per heavy atom. The summed E-state index contributed by atoms with van der Waals surface area (Å²) in [5, 5.41) is 0. The van der Waals surface area contributed by atoms with Gasteiger partial charge in [0.2, 0.25) is 0 Å².